The standard InChI is InChI=1S/C11H21BN2O4/c1-10(2)11(3,4)18-12(17-10)8-7-13-5-6-14(8)9(15)16/h8,13H,5-7H2,1-4H3,(H,15,16). The third-order valence-corrected chi connectivity index (χ3v) is 4.11. The first-order chi connectivity index (χ1) is 8.24. The van der Waals surface area contributed by atoms with Crippen LogP contribution in [-0.4, -0.2) is 60.0 Å². The smallest absolute Gasteiger partial charge is 0.465 e. The molecule has 0 spiro atoms. The molecule has 1 unspecified atom stereocenters. The molecule has 0 aromatic heterocycles. The van der Waals surface area contributed by atoms with E-state index in [1.807, 2.05) is 27.7 Å². The number of nitrogens with one attached hydrogen (secondary N) is 1. The number of hydrogen-bond acceptors (Lipinski definition) is 4. The van der Waals surface area contributed by atoms with Crippen molar-refractivity contribution in [3.05, 3.63) is 0 Å². The molecule has 0 aromatic carbocycles. The van der Waals surface area contributed by atoms with E-state index in [0.29, 0.717) is 19.6 Å². The Morgan fingerprint density at radius 2 is 1.89 bits per heavy atom. The normalized spacial score (nSPS) is 30.6. The molecule has 2 aliphatic rings. The van der Waals surface area contributed by atoms with E-state index in [-0.39, 0.29) is 5.94 Å². The fourth-order valence-electron chi connectivity index (χ4n) is 2.25. The molecule has 102 valence electrons. The van der Waals surface area contributed by atoms with Crippen molar-refractivity contribution in [1.29, 1.82) is 0 Å². The van der Waals surface area contributed by atoms with Crippen LogP contribution in [-0.2, 0) is 9.31 Å². The van der Waals surface area contributed by atoms with E-state index in [1.54, 1.807) is 0 Å². The van der Waals surface area contributed by atoms with Gasteiger partial charge < -0.3 is 24.6 Å². The second-order valence-corrected chi connectivity index (χ2v) is 5.87. The molecule has 7 heteroatoms. The molecule has 0 radical (unpaired) electrons. The molecule has 1 atom stereocenters. The molecule has 2 N–H and O–H groups in total. The number of amides is 1. The van der Waals surface area contributed by atoms with Crippen LogP contribution in [0, 0.1) is 0 Å². The van der Waals surface area contributed by atoms with Crippen molar-refractivity contribution in [1.82, 2.24) is 10.2 Å². The summed E-state index contributed by atoms with van der Waals surface area (Å²) in [4.78, 5) is 12.6. The lowest BCUT2D eigenvalue weighted by atomic mass is 9.76. The van der Waals surface area contributed by atoms with E-state index in [1.165, 1.54) is 4.90 Å². The van der Waals surface area contributed by atoms with Gasteiger partial charge in [0.15, 0.2) is 0 Å². The zero-order valence-electron chi connectivity index (χ0n) is 11.4. The third kappa shape index (κ3) is 2.22. The Morgan fingerprint density at radius 1 is 1.33 bits per heavy atom. The largest absolute Gasteiger partial charge is 0.483 e. The van der Waals surface area contributed by atoms with Gasteiger partial charge in [-0.3, -0.25) is 0 Å². The van der Waals surface area contributed by atoms with Crippen molar-refractivity contribution in [3.63, 3.8) is 0 Å². The van der Waals surface area contributed by atoms with Gasteiger partial charge in [-0.2, -0.15) is 0 Å². The second kappa shape index (κ2) is 4.40. The highest BCUT2D eigenvalue weighted by Gasteiger charge is 2.55. The number of hydrogen-bond donors (Lipinski definition) is 2. The maximum Gasteiger partial charge on any atom is 0.483 e. The van der Waals surface area contributed by atoms with Crippen molar-refractivity contribution in [2.75, 3.05) is 19.6 Å². The van der Waals surface area contributed by atoms with Crippen LogP contribution in [0.25, 0.3) is 0 Å². The Hall–Kier alpha value is -0.785. The van der Waals surface area contributed by atoms with Gasteiger partial charge in [-0.15, -0.1) is 0 Å². The lowest BCUT2D eigenvalue weighted by Crippen LogP contribution is -2.60. The SMILES string of the molecule is CC1(C)OB(C2CNCCN2C(=O)O)OC1(C)C. The number of carboxylic acid groups (broad SMARTS) is 1. The van der Waals surface area contributed by atoms with Gasteiger partial charge in [-0.05, 0) is 27.7 Å². The minimum atomic E-state index is -0.920. The molecule has 0 bridgehead atoms. The molecular formula is C11H21BN2O4. The maximum absolute atomic E-state index is 11.2. The summed E-state index contributed by atoms with van der Waals surface area (Å²) in [5, 5.41) is 12.4. The summed E-state index contributed by atoms with van der Waals surface area (Å²) in [6.45, 7) is 9.56. The molecule has 0 saturated carbocycles. The highest BCUT2D eigenvalue weighted by Crippen LogP contribution is 2.38. The predicted octanol–water partition coefficient (Wildman–Crippen LogP) is 0.570. The fourth-order valence-corrected chi connectivity index (χ4v) is 2.25. The first kappa shape index (κ1) is 13.6. The van der Waals surface area contributed by atoms with Gasteiger partial charge in [0.05, 0.1) is 17.1 Å². The van der Waals surface area contributed by atoms with Crippen LogP contribution >= 0.6 is 0 Å². The van der Waals surface area contributed by atoms with Gasteiger partial charge in [0.2, 0.25) is 0 Å². The average Bonchev–Trinajstić information content (AvgIpc) is 2.48. The molecule has 2 aliphatic heterocycles. The van der Waals surface area contributed by atoms with Crippen LogP contribution in [0.2, 0.25) is 0 Å². The number of rotatable bonds is 1. The fraction of sp³-hybridized carbons (Fsp3) is 0.909. The molecule has 2 fully saturated rings. The summed E-state index contributed by atoms with van der Waals surface area (Å²) >= 11 is 0. The summed E-state index contributed by atoms with van der Waals surface area (Å²) in [6.07, 6.45) is -0.920. The molecule has 0 aliphatic carbocycles. The third-order valence-electron chi connectivity index (χ3n) is 4.11. The summed E-state index contributed by atoms with van der Waals surface area (Å²) in [5.41, 5.74) is -0.863. The summed E-state index contributed by atoms with van der Waals surface area (Å²) < 4.78 is 11.8. The average molecular weight is 256 g/mol. The lowest BCUT2D eigenvalue weighted by Gasteiger charge is -2.34. The molecule has 2 saturated heterocycles. The van der Waals surface area contributed by atoms with Crippen molar-refractivity contribution in [2.45, 2.75) is 44.8 Å². The molecule has 2 rings (SSSR count). The van der Waals surface area contributed by atoms with Crippen LogP contribution in [0.15, 0.2) is 0 Å². The lowest BCUT2D eigenvalue weighted by molar-refractivity contribution is 0.00578. The number of carbonyl (C=O) groups is 1. The van der Waals surface area contributed by atoms with Gasteiger partial charge in [0, 0.05) is 19.6 Å². The van der Waals surface area contributed by atoms with E-state index in [9.17, 15) is 9.90 Å². The van der Waals surface area contributed by atoms with Crippen LogP contribution in [0.1, 0.15) is 27.7 Å². The zero-order valence-corrected chi connectivity index (χ0v) is 11.4. The van der Waals surface area contributed by atoms with E-state index in [0.717, 1.165) is 0 Å². The Labute approximate surface area is 108 Å². The number of nitrogens with zero attached hydrogens (tertiary/aromatic N) is 1. The summed E-state index contributed by atoms with van der Waals surface area (Å²) in [5.74, 6) is -0.294. The van der Waals surface area contributed by atoms with Crippen LogP contribution < -0.4 is 5.32 Å². The van der Waals surface area contributed by atoms with E-state index >= 15 is 0 Å². The number of piperazine rings is 1. The Morgan fingerprint density at radius 3 is 2.39 bits per heavy atom. The topological polar surface area (TPSA) is 71.0 Å². The Bertz CT molecular complexity index is 332. The maximum atomic E-state index is 11.2. The highest BCUT2D eigenvalue weighted by atomic mass is 16.7. The van der Waals surface area contributed by atoms with Gasteiger partial charge in [-0.1, -0.05) is 0 Å². The van der Waals surface area contributed by atoms with Crippen molar-refractivity contribution < 1.29 is 19.2 Å². The molecular weight excluding hydrogens is 235 g/mol. The van der Waals surface area contributed by atoms with E-state index in [2.05, 4.69) is 5.32 Å². The minimum absolute atomic E-state index is 0.294. The first-order valence-corrected chi connectivity index (χ1v) is 6.30. The molecule has 18 heavy (non-hydrogen) atoms. The van der Waals surface area contributed by atoms with E-state index < -0.39 is 24.4 Å². The van der Waals surface area contributed by atoms with Gasteiger partial charge in [0.25, 0.3) is 0 Å². The first-order valence-electron chi connectivity index (χ1n) is 6.30. The summed E-state index contributed by atoms with van der Waals surface area (Å²) in [6, 6.07) is 0. The molecule has 0 aromatic rings. The molecule has 6 nitrogen and oxygen atoms in total. The summed E-state index contributed by atoms with van der Waals surface area (Å²) in [7, 11) is -0.515. The predicted molar refractivity (Wildman–Crippen MR) is 67.5 cm³/mol. The molecule has 2 heterocycles. The van der Waals surface area contributed by atoms with Crippen LogP contribution in [0.4, 0.5) is 4.79 Å². The minimum Gasteiger partial charge on any atom is -0.465 e. The van der Waals surface area contributed by atoms with Gasteiger partial charge in [-0.25, -0.2) is 4.79 Å². The quantitative estimate of drug-likeness (QED) is 0.671. The Balaban J connectivity index is 2.14. The van der Waals surface area contributed by atoms with Crippen molar-refractivity contribution in [3.8, 4) is 0 Å². The van der Waals surface area contributed by atoms with Gasteiger partial charge in [0.1, 0.15) is 0 Å². The second-order valence-electron chi connectivity index (χ2n) is 5.87. The van der Waals surface area contributed by atoms with Gasteiger partial charge >= 0.3 is 13.2 Å². The Kier molecular flexibility index (Phi) is 3.33. The van der Waals surface area contributed by atoms with Crippen molar-refractivity contribution in [2.24, 2.45) is 0 Å². The highest BCUT2D eigenvalue weighted by molar-refractivity contribution is 6.48. The monoisotopic (exact) mass is 256 g/mol. The van der Waals surface area contributed by atoms with E-state index in [4.69, 9.17) is 9.31 Å². The zero-order chi connectivity index (χ0) is 13.6. The molecule has 1 amide bonds. The van der Waals surface area contributed by atoms with Crippen LogP contribution in [0.5, 0.6) is 0 Å². The van der Waals surface area contributed by atoms with Crippen LogP contribution in [0.3, 0.4) is 0 Å². The van der Waals surface area contributed by atoms with Crippen molar-refractivity contribution >= 4 is 13.2 Å².